The molecule has 6 heteroatoms. The zero-order valence-electron chi connectivity index (χ0n) is 15.3. The van der Waals surface area contributed by atoms with E-state index in [-0.39, 0.29) is 6.54 Å². The summed E-state index contributed by atoms with van der Waals surface area (Å²) in [6.45, 7) is 12.3. The van der Waals surface area contributed by atoms with E-state index in [1.807, 2.05) is 13.8 Å². The van der Waals surface area contributed by atoms with Crippen LogP contribution in [0.3, 0.4) is 0 Å². The van der Waals surface area contributed by atoms with E-state index in [2.05, 4.69) is 10.6 Å². The third-order valence-electron chi connectivity index (χ3n) is 4.36. The van der Waals surface area contributed by atoms with Crippen LogP contribution in [0.1, 0.15) is 61.3 Å². The number of amides is 2. The number of ketones is 2. The average Bonchev–Trinajstić information content (AvgIpc) is 2.50. The van der Waals surface area contributed by atoms with Crippen molar-refractivity contribution >= 4 is 23.4 Å². The number of hydrogen-bond acceptors (Lipinski definition) is 4. The van der Waals surface area contributed by atoms with Gasteiger partial charge in [0.15, 0.2) is 0 Å². The van der Waals surface area contributed by atoms with Gasteiger partial charge < -0.3 is 10.6 Å². The smallest absolute Gasteiger partial charge is 0.288 e. The minimum atomic E-state index is -0.714. The Morgan fingerprint density at radius 1 is 0.826 bits per heavy atom. The SMILES string of the molecule is CCC(C)(C)C(=O)C(=O)NC[C@H](C)NC(=O)C(=O)C(C)(C)CC. The van der Waals surface area contributed by atoms with Crippen molar-refractivity contribution < 1.29 is 19.2 Å². The predicted octanol–water partition coefficient (Wildman–Crippen LogP) is 1.62. The summed E-state index contributed by atoms with van der Waals surface area (Å²) in [4.78, 5) is 47.7. The second kappa shape index (κ2) is 8.22. The lowest BCUT2D eigenvalue weighted by Crippen LogP contribution is -2.49. The van der Waals surface area contributed by atoms with Gasteiger partial charge in [-0.2, -0.15) is 0 Å². The van der Waals surface area contributed by atoms with Crippen molar-refractivity contribution in [2.24, 2.45) is 10.8 Å². The van der Waals surface area contributed by atoms with Crippen molar-refractivity contribution in [2.45, 2.75) is 67.3 Å². The van der Waals surface area contributed by atoms with Crippen LogP contribution < -0.4 is 10.6 Å². The molecule has 23 heavy (non-hydrogen) atoms. The van der Waals surface area contributed by atoms with E-state index in [1.54, 1.807) is 34.6 Å². The Balaban J connectivity index is 4.50. The summed E-state index contributed by atoms with van der Waals surface area (Å²) < 4.78 is 0. The van der Waals surface area contributed by atoms with Gasteiger partial charge in [-0.3, -0.25) is 19.2 Å². The summed E-state index contributed by atoms with van der Waals surface area (Å²) in [5, 5.41) is 5.06. The lowest BCUT2D eigenvalue weighted by Gasteiger charge is -2.23. The summed E-state index contributed by atoms with van der Waals surface area (Å²) in [6.07, 6.45) is 1.12. The standard InChI is InChI=1S/C17H30N2O4/c1-8-16(4,5)12(20)14(22)18-10-11(3)19-15(23)13(21)17(6,7)9-2/h11H,8-10H2,1-7H3,(H,18,22)(H,19,23)/t11-/m0/s1. The molecule has 0 rings (SSSR count). The Morgan fingerprint density at radius 3 is 1.61 bits per heavy atom. The van der Waals surface area contributed by atoms with E-state index in [0.717, 1.165) is 0 Å². The van der Waals surface area contributed by atoms with Crippen molar-refractivity contribution in [3.8, 4) is 0 Å². The van der Waals surface area contributed by atoms with Crippen LogP contribution in [-0.4, -0.2) is 36.0 Å². The van der Waals surface area contributed by atoms with Crippen LogP contribution in [0.25, 0.3) is 0 Å². The molecule has 0 radical (unpaired) electrons. The number of rotatable bonds is 9. The summed E-state index contributed by atoms with van der Waals surface area (Å²) in [7, 11) is 0. The fourth-order valence-electron chi connectivity index (χ4n) is 1.60. The second-order valence-corrected chi connectivity index (χ2v) is 7.22. The number of carbonyl (C=O) groups is 4. The van der Waals surface area contributed by atoms with Gasteiger partial charge in [0.1, 0.15) is 0 Å². The Hall–Kier alpha value is -1.72. The lowest BCUT2D eigenvalue weighted by atomic mass is 9.84. The third-order valence-corrected chi connectivity index (χ3v) is 4.36. The van der Waals surface area contributed by atoms with Gasteiger partial charge in [0.2, 0.25) is 11.6 Å². The predicted molar refractivity (Wildman–Crippen MR) is 88.8 cm³/mol. The molecule has 2 amide bonds. The molecule has 0 aliphatic carbocycles. The van der Waals surface area contributed by atoms with Crippen LogP contribution in [-0.2, 0) is 19.2 Å². The van der Waals surface area contributed by atoms with Gasteiger partial charge in [-0.25, -0.2) is 0 Å². The molecule has 2 N–H and O–H groups in total. The zero-order valence-corrected chi connectivity index (χ0v) is 15.3. The van der Waals surface area contributed by atoms with Crippen LogP contribution in [0.5, 0.6) is 0 Å². The molecule has 0 saturated carbocycles. The highest BCUT2D eigenvalue weighted by Crippen LogP contribution is 2.21. The van der Waals surface area contributed by atoms with Crippen LogP contribution in [0.4, 0.5) is 0 Å². The molecule has 0 heterocycles. The fraction of sp³-hybridized carbons (Fsp3) is 0.765. The first kappa shape index (κ1) is 21.3. The van der Waals surface area contributed by atoms with Crippen molar-refractivity contribution in [2.75, 3.05) is 6.54 Å². The molecular formula is C17H30N2O4. The summed E-state index contributed by atoms with van der Waals surface area (Å²) >= 11 is 0. The van der Waals surface area contributed by atoms with E-state index in [9.17, 15) is 19.2 Å². The number of Topliss-reactive ketones (excluding diaryl/α,β-unsaturated/α-hetero) is 2. The molecular weight excluding hydrogens is 296 g/mol. The summed E-state index contributed by atoms with van der Waals surface area (Å²) in [5.41, 5.74) is -1.42. The second-order valence-electron chi connectivity index (χ2n) is 7.22. The van der Waals surface area contributed by atoms with Crippen molar-refractivity contribution in [1.82, 2.24) is 10.6 Å². The maximum absolute atomic E-state index is 12.0. The highest BCUT2D eigenvalue weighted by molar-refractivity contribution is 6.38. The maximum atomic E-state index is 12.0. The topological polar surface area (TPSA) is 92.3 Å². The number of hydrogen-bond donors (Lipinski definition) is 2. The maximum Gasteiger partial charge on any atom is 0.288 e. The highest BCUT2D eigenvalue weighted by Gasteiger charge is 2.33. The molecule has 0 fully saturated rings. The molecule has 0 unspecified atom stereocenters. The first-order chi connectivity index (χ1) is 10.4. The van der Waals surface area contributed by atoms with E-state index in [0.29, 0.717) is 12.8 Å². The quantitative estimate of drug-likeness (QED) is 0.630. The molecule has 132 valence electrons. The fourth-order valence-corrected chi connectivity index (χ4v) is 1.60. The molecule has 1 atom stereocenters. The molecule has 0 aromatic carbocycles. The molecule has 0 aliphatic heterocycles. The zero-order chi connectivity index (χ0) is 18.4. The monoisotopic (exact) mass is 326 g/mol. The third kappa shape index (κ3) is 6.12. The largest absolute Gasteiger partial charge is 0.347 e. The normalized spacial score (nSPS) is 13.2. The minimum absolute atomic E-state index is 0.0932. The molecule has 6 nitrogen and oxygen atoms in total. The number of carbonyl (C=O) groups excluding carboxylic acids is 4. The van der Waals surface area contributed by atoms with Gasteiger partial charge in [-0.15, -0.1) is 0 Å². The van der Waals surface area contributed by atoms with E-state index in [4.69, 9.17) is 0 Å². The first-order valence-electron chi connectivity index (χ1n) is 8.07. The van der Waals surface area contributed by atoms with E-state index in [1.165, 1.54) is 0 Å². The van der Waals surface area contributed by atoms with E-state index < -0.39 is 40.3 Å². The van der Waals surface area contributed by atoms with Crippen molar-refractivity contribution in [1.29, 1.82) is 0 Å². The Bertz CT molecular complexity index is 481. The molecule has 0 aromatic heterocycles. The Kier molecular flexibility index (Phi) is 7.61. The van der Waals surface area contributed by atoms with Crippen LogP contribution in [0.15, 0.2) is 0 Å². The molecule has 0 saturated heterocycles. The van der Waals surface area contributed by atoms with Gasteiger partial charge in [-0.1, -0.05) is 41.5 Å². The minimum Gasteiger partial charge on any atom is -0.347 e. The van der Waals surface area contributed by atoms with Gasteiger partial charge in [0.25, 0.3) is 11.8 Å². The average molecular weight is 326 g/mol. The Labute approximate surface area is 138 Å². The first-order valence-corrected chi connectivity index (χ1v) is 8.07. The lowest BCUT2D eigenvalue weighted by molar-refractivity contribution is -0.144. The van der Waals surface area contributed by atoms with Crippen LogP contribution >= 0.6 is 0 Å². The molecule has 0 spiro atoms. The van der Waals surface area contributed by atoms with Gasteiger partial charge in [-0.05, 0) is 19.8 Å². The molecule has 0 bridgehead atoms. The molecule has 0 aromatic rings. The summed E-state index contributed by atoms with van der Waals surface area (Å²) in [6, 6.07) is -0.444. The van der Waals surface area contributed by atoms with Gasteiger partial charge in [0, 0.05) is 23.4 Å². The van der Waals surface area contributed by atoms with Gasteiger partial charge >= 0.3 is 0 Å². The van der Waals surface area contributed by atoms with Crippen LogP contribution in [0, 0.1) is 10.8 Å². The van der Waals surface area contributed by atoms with Crippen molar-refractivity contribution in [3.63, 3.8) is 0 Å². The van der Waals surface area contributed by atoms with E-state index >= 15 is 0 Å². The highest BCUT2D eigenvalue weighted by atomic mass is 16.2. The Morgan fingerprint density at radius 2 is 1.22 bits per heavy atom. The summed E-state index contributed by atoms with van der Waals surface area (Å²) in [5.74, 6) is -2.31. The van der Waals surface area contributed by atoms with Crippen molar-refractivity contribution in [3.05, 3.63) is 0 Å². The molecule has 0 aliphatic rings. The number of nitrogens with one attached hydrogen (secondary N) is 2. The van der Waals surface area contributed by atoms with Crippen LogP contribution in [0.2, 0.25) is 0 Å². The van der Waals surface area contributed by atoms with Gasteiger partial charge in [0.05, 0.1) is 0 Å².